The molecular formula is C10H11N3O2. The molecule has 1 aliphatic rings. The highest BCUT2D eigenvalue weighted by atomic mass is 16.5. The zero-order chi connectivity index (χ0) is 10.7. The Morgan fingerprint density at radius 3 is 3.27 bits per heavy atom. The highest BCUT2D eigenvalue weighted by molar-refractivity contribution is 5.43. The minimum Gasteiger partial charge on any atom is -0.497 e. The summed E-state index contributed by atoms with van der Waals surface area (Å²) in [7, 11) is 1.63. The van der Waals surface area contributed by atoms with Gasteiger partial charge in [0.1, 0.15) is 17.6 Å². The van der Waals surface area contributed by atoms with Crippen molar-refractivity contribution in [3.63, 3.8) is 0 Å². The second kappa shape index (κ2) is 4.11. The molecule has 2 rings (SSSR count). The lowest BCUT2D eigenvalue weighted by atomic mass is 10.1. The Labute approximate surface area is 87.2 Å². The number of methoxy groups -OCH3 is 1. The number of nitrogens with zero attached hydrogens (tertiary/aromatic N) is 3. The van der Waals surface area contributed by atoms with Crippen molar-refractivity contribution in [3.8, 4) is 11.5 Å². The lowest BCUT2D eigenvalue weighted by Gasteiger charge is -2.05. The predicted molar refractivity (Wildman–Crippen MR) is 55.1 cm³/mol. The van der Waals surface area contributed by atoms with E-state index in [-0.39, 0.29) is 6.10 Å². The summed E-state index contributed by atoms with van der Waals surface area (Å²) in [5.41, 5.74) is 9.31. The van der Waals surface area contributed by atoms with Gasteiger partial charge in [-0.25, -0.2) is 0 Å². The van der Waals surface area contributed by atoms with Crippen LogP contribution in [-0.2, 0) is 6.42 Å². The molecule has 0 aliphatic carbocycles. The molecule has 0 aromatic heterocycles. The standard InChI is InChI=1S/C10H11N3O2/c1-14-8-2-3-10-7(4-8)5-9(15-10)6-12-13-11/h2-4,9H,5-6H2,1H3. The van der Waals surface area contributed by atoms with Crippen LogP contribution in [0.25, 0.3) is 10.4 Å². The van der Waals surface area contributed by atoms with E-state index in [9.17, 15) is 0 Å². The van der Waals surface area contributed by atoms with Crippen molar-refractivity contribution in [1.29, 1.82) is 0 Å². The van der Waals surface area contributed by atoms with Gasteiger partial charge in [0.05, 0.1) is 13.7 Å². The molecule has 5 heteroatoms. The summed E-state index contributed by atoms with van der Waals surface area (Å²) in [6, 6.07) is 5.68. The van der Waals surface area contributed by atoms with E-state index >= 15 is 0 Å². The van der Waals surface area contributed by atoms with Crippen molar-refractivity contribution < 1.29 is 9.47 Å². The van der Waals surface area contributed by atoms with Gasteiger partial charge in [0.15, 0.2) is 0 Å². The Kier molecular flexibility index (Phi) is 2.65. The average molecular weight is 205 g/mol. The fourth-order valence-electron chi connectivity index (χ4n) is 1.65. The van der Waals surface area contributed by atoms with Gasteiger partial charge in [0.25, 0.3) is 0 Å². The van der Waals surface area contributed by atoms with Crippen LogP contribution in [0.3, 0.4) is 0 Å². The largest absolute Gasteiger partial charge is 0.497 e. The van der Waals surface area contributed by atoms with E-state index < -0.39 is 0 Å². The van der Waals surface area contributed by atoms with Gasteiger partial charge < -0.3 is 9.47 Å². The lowest BCUT2D eigenvalue weighted by molar-refractivity contribution is 0.241. The van der Waals surface area contributed by atoms with Gasteiger partial charge in [0.2, 0.25) is 0 Å². The SMILES string of the molecule is COc1ccc2c(c1)CC(CN=[N+]=[N-])O2. The van der Waals surface area contributed by atoms with Crippen molar-refractivity contribution in [3.05, 3.63) is 34.2 Å². The molecule has 0 amide bonds. The quantitative estimate of drug-likeness (QED) is 0.431. The smallest absolute Gasteiger partial charge is 0.123 e. The normalized spacial score (nSPS) is 17.5. The Balaban J connectivity index is 2.12. The second-order valence-electron chi connectivity index (χ2n) is 3.33. The molecule has 1 atom stereocenters. The first kappa shape index (κ1) is 9.68. The first-order chi connectivity index (χ1) is 7.33. The molecule has 0 spiro atoms. The molecule has 0 bridgehead atoms. The molecule has 1 heterocycles. The molecule has 1 unspecified atom stereocenters. The van der Waals surface area contributed by atoms with Crippen LogP contribution < -0.4 is 9.47 Å². The third kappa shape index (κ3) is 1.97. The molecule has 0 saturated heterocycles. The average Bonchev–Trinajstić information content (AvgIpc) is 2.67. The van der Waals surface area contributed by atoms with E-state index in [1.807, 2.05) is 18.2 Å². The number of fused-ring (bicyclic) bond motifs is 1. The van der Waals surface area contributed by atoms with Crippen LogP contribution in [0.1, 0.15) is 5.56 Å². The third-order valence-electron chi connectivity index (χ3n) is 2.36. The molecule has 1 aromatic rings. The van der Waals surface area contributed by atoms with Crippen LogP contribution in [-0.4, -0.2) is 19.8 Å². The zero-order valence-electron chi connectivity index (χ0n) is 8.38. The van der Waals surface area contributed by atoms with E-state index in [4.69, 9.17) is 15.0 Å². The molecule has 1 aliphatic heterocycles. The lowest BCUT2D eigenvalue weighted by Crippen LogP contribution is -2.16. The summed E-state index contributed by atoms with van der Waals surface area (Å²) in [6.07, 6.45) is 0.731. The van der Waals surface area contributed by atoms with Gasteiger partial charge in [-0.2, -0.15) is 0 Å². The molecule has 0 radical (unpaired) electrons. The Morgan fingerprint density at radius 2 is 2.53 bits per heavy atom. The first-order valence-corrected chi connectivity index (χ1v) is 4.68. The monoisotopic (exact) mass is 205 g/mol. The fraction of sp³-hybridized carbons (Fsp3) is 0.400. The molecule has 5 nitrogen and oxygen atoms in total. The predicted octanol–water partition coefficient (Wildman–Crippen LogP) is 2.31. The van der Waals surface area contributed by atoms with E-state index in [1.165, 1.54) is 0 Å². The van der Waals surface area contributed by atoms with Gasteiger partial charge >= 0.3 is 0 Å². The number of hydrogen-bond donors (Lipinski definition) is 0. The maximum Gasteiger partial charge on any atom is 0.123 e. The topological polar surface area (TPSA) is 67.2 Å². The van der Waals surface area contributed by atoms with Gasteiger partial charge in [-0.1, -0.05) is 5.11 Å². The Bertz CT molecular complexity index is 413. The summed E-state index contributed by atoms with van der Waals surface area (Å²) in [6.45, 7) is 0.369. The van der Waals surface area contributed by atoms with E-state index in [0.717, 1.165) is 23.5 Å². The Hall–Kier alpha value is -1.87. The second-order valence-corrected chi connectivity index (χ2v) is 3.33. The van der Waals surface area contributed by atoms with Gasteiger partial charge in [-0.05, 0) is 23.7 Å². The summed E-state index contributed by atoms with van der Waals surface area (Å²) in [5, 5.41) is 3.50. The summed E-state index contributed by atoms with van der Waals surface area (Å²) >= 11 is 0. The highest BCUT2D eigenvalue weighted by Gasteiger charge is 2.22. The molecular weight excluding hydrogens is 194 g/mol. The maximum atomic E-state index is 8.21. The van der Waals surface area contributed by atoms with Gasteiger partial charge in [-0.3, -0.25) is 0 Å². The third-order valence-corrected chi connectivity index (χ3v) is 2.36. The summed E-state index contributed by atoms with van der Waals surface area (Å²) in [4.78, 5) is 2.72. The van der Waals surface area contributed by atoms with Crippen LogP contribution in [0.2, 0.25) is 0 Å². The summed E-state index contributed by atoms with van der Waals surface area (Å²) < 4.78 is 10.7. The van der Waals surface area contributed by atoms with Gasteiger partial charge in [0, 0.05) is 16.9 Å². The number of benzene rings is 1. The number of azide groups is 1. The Morgan fingerprint density at radius 1 is 1.67 bits per heavy atom. The zero-order valence-corrected chi connectivity index (χ0v) is 8.38. The number of hydrogen-bond acceptors (Lipinski definition) is 3. The molecule has 0 fully saturated rings. The van der Waals surface area contributed by atoms with Crippen LogP contribution >= 0.6 is 0 Å². The van der Waals surface area contributed by atoms with Crippen LogP contribution in [0.5, 0.6) is 11.5 Å². The van der Waals surface area contributed by atoms with Crippen molar-refractivity contribution in [1.82, 2.24) is 0 Å². The van der Waals surface area contributed by atoms with Crippen molar-refractivity contribution in [2.24, 2.45) is 5.11 Å². The number of ether oxygens (including phenoxy) is 2. The molecule has 15 heavy (non-hydrogen) atoms. The van der Waals surface area contributed by atoms with Crippen molar-refractivity contribution in [2.75, 3.05) is 13.7 Å². The van der Waals surface area contributed by atoms with Crippen LogP contribution in [0.15, 0.2) is 23.3 Å². The molecule has 0 saturated carbocycles. The number of rotatable bonds is 3. The summed E-state index contributed by atoms with van der Waals surface area (Å²) in [5.74, 6) is 1.68. The molecule has 78 valence electrons. The molecule has 1 aromatic carbocycles. The van der Waals surface area contributed by atoms with E-state index in [0.29, 0.717) is 6.54 Å². The van der Waals surface area contributed by atoms with Crippen LogP contribution in [0, 0.1) is 0 Å². The minimum atomic E-state index is -0.0389. The van der Waals surface area contributed by atoms with Crippen molar-refractivity contribution >= 4 is 0 Å². The first-order valence-electron chi connectivity index (χ1n) is 4.68. The van der Waals surface area contributed by atoms with Crippen LogP contribution in [0.4, 0.5) is 0 Å². The van der Waals surface area contributed by atoms with E-state index in [1.54, 1.807) is 7.11 Å². The van der Waals surface area contributed by atoms with Crippen molar-refractivity contribution in [2.45, 2.75) is 12.5 Å². The maximum absolute atomic E-state index is 8.21. The molecule has 0 N–H and O–H groups in total. The van der Waals surface area contributed by atoms with Gasteiger partial charge in [-0.15, -0.1) is 0 Å². The highest BCUT2D eigenvalue weighted by Crippen LogP contribution is 2.31. The van der Waals surface area contributed by atoms with E-state index in [2.05, 4.69) is 10.0 Å². The fourth-order valence-corrected chi connectivity index (χ4v) is 1.65. The minimum absolute atomic E-state index is 0.0389.